The van der Waals surface area contributed by atoms with Gasteiger partial charge in [0.1, 0.15) is 0 Å². The third-order valence-electron chi connectivity index (χ3n) is 4.49. The van der Waals surface area contributed by atoms with E-state index in [2.05, 4.69) is 5.32 Å². The molecule has 1 N–H and O–H groups in total. The lowest BCUT2D eigenvalue weighted by molar-refractivity contribution is 0.0686. The molecule has 2 rings (SSSR count). The Morgan fingerprint density at radius 3 is 2.22 bits per heavy atom. The van der Waals surface area contributed by atoms with Crippen molar-refractivity contribution in [1.29, 1.82) is 0 Å². The maximum atomic E-state index is 12.6. The molecule has 1 aliphatic rings. The molecule has 1 aromatic rings. The second-order valence-corrected chi connectivity index (χ2v) is 6.40. The number of carbonyl (C=O) groups is 2. The normalized spacial score (nSPS) is 15.5. The molecule has 1 aromatic carbocycles. The van der Waals surface area contributed by atoms with Crippen LogP contribution in [0.15, 0.2) is 24.3 Å². The van der Waals surface area contributed by atoms with Crippen LogP contribution in [0.5, 0.6) is 0 Å². The van der Waals surface area contributed by atoms with Gasteiger partial charge in [0.05, 0.1) is 0 Å². The maximum Gasteiger partial charge on any atom is 0.253 e. The second-order valence-electron chi connectivity index (χ2n) is 6.40. The molecule has 0 saturated carbocycles. The van der Waals surface area contributed by atoms with Crippen LogP contribution < -0.4 is 5.32 Å². The Morgan fingerprint density at radius 2 is 1.70 bits per heavy atom. The maximum absolute atomic E-state index is 12.6. The summed E-state index contributed by atoms with van der Waals surface area (Å²) >= 11 is 0. The van der Waals surface area contributed by atoms with Crippen LogP contribution in [-0.4, -0.2) is 62.4 Å². The Morgan fingerprint density at radius 1 is 1.13 bits per heavy atom. The summed E-state index contributed by atoms with van der Waals surface area (Å²) in [7, 11) is 5.42. The summed E-state index contributed by atoms with van der Waals surface area (Å²) < 4.78 is 0. The fraction of sp³-hybridized carbons (Fsp3) is 0.556. The zero-order chi connectivity index (χ0) is 16.8. The van der Waals surface area contributed by atoms with Crippen molar-refractivity contribution in [2.24, 2.45) is 5.92 Å². The Kier molecular flexibility index (Phi) is 6.16. The van der Waals surface area contributed by atoms with Crippen molar-refractivity contribution < 1.29 is 9.59 Å². The number of benzene rings is 1. The van der Waals surface area contributed by atoms with Crippen molar-refractivity contribution >= 4 is 11.8 Å². The number of hydrogen-bond acceptors (Lipinski definition) is 3. The quantitative estimate of drug-likeness (QED) is 0.902. The first-order valence-corrected chi connectivity index (χ1v) is 8.28. The van der Waals surface area contributed by atoms with Crippen molar-refractivity contribution in [2.45, 2.75) is 19.3 Å². The first-order valence-electron chi connectivity index (χ1n) is 8.28. The zero-order valence-electron chi connectivity index (χ0n) is 14.3. The molecular formula is C18H27N3O2. The number of rotatable bonds is 5. The molecule has 1 aliphatic heterocycles. The molecule has 0 unspecified atom stereocenters. The molecule has 0 atom stereocenters. The van der Waals surface area contributed by atoms with E-state index in [1.807, 2.05) is 11.9 Å². The van der Waals surface area contributed by atoms with Crippen molar-refractivity contribution in [3.63, 3.8) is 0 Å². The molecule has 0 bridgehead atoms. The Labute approximate surface area is 138 Å². The first-order chi connectivity index (χ1) is 11.0. The SMILES string of the molecule is CNCCC1CCN(C(=O)c2ccc(C(=O)N(C)C)cc2)CC1. The summed E-state index contributed by atoms with van der Waals surface area (Å²) in [4.78, 5) is 27.9. The minimum absolute atomic E-state index is 0.0469. The summed E-state index contributed by atoms with van der Waals surface area (Å²) in [6, 6.07) is 6.97. The van der Waals surface area contributed by atoms with Gasteiger partial charge in [0.2, 0.25) is 0 Å². The predicted molar refractivity (Wildman–Crippen MR) is 91.6 cm³/mol. The van der Waals surface area contributed by atoms with E-state index in [1.54, 1.807) is 38.4 Å². The van der Waals surface area contributed by atoms with Crippen LogP contribution >= 0.6 is 0 Å². The highest BCUT2D eigenvalue weighted by Gasteiger charge is 2.23. The Balaban J connectivity index is 1.92. The van der Waals surface area contributed by atoms with Crippen molar-refractivity contribution in [3.05, 3.63) is 35.4 Å². The lowest BCUT2D eigenvalue weighted by Gasteiger charge is -2.32. The summed E-state index contributed by atoms with van der Waals surface area (Å²) in [6.45, 7) is 2.69. The van der Waals surface area contributed by atoms with Gasteiger partial charge in [0, 0.05) is 38.3 Å². The van der Waals surface area contributed by atoms with Gasteiger partial charge >= 0.3 is 0 Å². The van der Waals surface area contributed by atoms with Crippen molar-refractivity contribution in [1.82, 2.24) is 15.1 Å². The van der Waals surface area contributed by atoms with Gasteiger partial charge in [0.15, 0.2) is 0 Å². The summed E-state index contributed by atoms with van der Waals surface area (Å²) in [6.07, 6.45) is 3.33. The fourth-order valence-corrected chi connectivity index (χ4v) is 2.97. The highest BCUT2D eigenvalue weighted by Crippen LogP contribution is 2.21. The Hall–Kier alpha value is -1.88. The van der Waals surface area contributed by atoms with E-state index in [1.165, 1.54) is 11.3 Å². The molecule has 126 valence electrons. The van der Waals surface area contributed by atoms with E-state index < -0.39 is 0 Å². The number of likely N-dealkylation sites (tertiary alicyclic amines) is 1. The van der Waals surface area contributed by atoms with Crippen LogP contribution in [0.4, 0.5) is 0 Å². The van der Waals surface area contributed by atoms with Gasteiger partial charge in [-0.2, -0.15) is 0 Å². The molecule has 0 radical (unpaired) electrons. The highest BCUT2D eigenvalue weighted by atomic mass is 16.2. The largest absolute Gasteiger partial charge is 0.345 e. The van der Waals surface area contributed by atoms with Crippen LogP contribution in [0.3, 0.4) is 0 Å². The van der Waals surface area contributed by atoms with Gasteiger partial charge in [-0.1, -0.05) is 0 Å². The number of carbonyl (C=O) groups excluding carboxylic acids is 2. The number of nitrogens with one attached hydrogen (secondary N) is 1. The number of nitrogens with zero attached hydrogens (tertiary/aromatic N) is 2. The van der Waals surface area contributed by atoms with Crippen LogP contribution in [0.2, 0.25) is 0 Å². The third-order valence-corrected chi connectivity index (χ3v) is 4.49. The molecule has 0 aromatic heterocycles. The van der Waals surface area contributed by atoms with Crippen LogP contribution in [-0.2, 0) is 0 Å². The molecule has 1 saturated heterocycles. The zero-order valence-corrected chi connectivity index (χ0v) is 14.3. The summed E-state index contributed by atoms with van der Waals surface area (Å²) in [5.41, 5.74) is 1.27. The molecule has 5 nitrogen and oxygen atoms in total. The number of hydrogen-bond donors (Lipinski definition) is 1. The predicted octanol–water partition coefficient (Wildman–Crippen LogP) is 1.85. The van der Waals surface area contributed by atoms with Crippen LogP contribution in [0.25, 0.3) is 0 Å². The summed E-state index contributed by atoms with van der Waals surface area (Å²) in [5.74, 6) is 0.738. The fourth-order valence-electron chi connectivity index (χ4n) is 2.97. The molecule has 1 heterocycles. The van der Waals surface area contributed by atoms with Gasteiger partial charge in [-0.05, 0) is 63.0 Å². The van der Waals surface area contributed by atoms with E-state index in [9.17, 15) is 9.59 Å². The van der Waals surface area contributed by atoms with Gasteiger partial charge in [-0.25, -0.2) is 0 Å². The lowest BCUT2D eigenvalue weighted by Crippen LogP contribution is -2.39. The minimum Gasteiger partial charge on any atom is -0.345 e. The van der Waals surface area contributed by atoms with Crippen LogP contribution in [0.1, 0.15) is 40.0 Å². The molecule has 23 heavy (non-hydrogen) atoms. The van der Waals surface area contributed by atoms with E-state index >= 15 is 0 Å². The van der Waals surface area contributed by atoms with Gasteiger partial charge in [-0.3, -0.25) is 9.59 Å². The van der Waals surface area contributed by atoms with Crippen molar-refractivity contribution in [2.75, 3.05) is 40.8 Å². The average molecular weight is 317 g/mol. The second kappa shape index (κ2) is 8.11. The first kappa shape index (κ1) is 17.5. The number of amides is 2. The monoisotopic (exact) mass is 317 g/mol. The van der Waals surface area contributed by atoms with Crippen molar-refractivity contribution in [3.8, 4) is 0 Å². The topological polar surface area (TPSA) is 52.7 Å². The number of piperidine rings is 1. The highest BCUT2D eigenvalue weighted by molar-refractivity contribution is 5.97. The molecular weight excluding hydrogens is 290 g/mol. The molecule has 1 fully saturated rings. The van der Waals surface area contributed by atoms with Crippen LogP contribution in [0, 0.1) is 5.92 Å². The summed E-state index contributed by atoms with van der Waals surface area (Å²) in [5, 5.41) is 3.19. The van der Waals surface area contributed by atoms with Gasteiger partial charge < -0.3 is 15.1 Å². The molecule has 0 spiro atoms. The molecule has 2 amide bonds. The minimum atomic E-state index is -0.0469. The van der Waals surface area contributed by atoms with Gasteiger partial charge in [0.25, 0.3) is 11.8 Å². The molecule has 0 aliphatic carbocycles. The van der Waals surface area contributed by atoms with E-state index in [-0.39, 0.29) is 11.8 Å². The smallest absolute Gasteiger partial charge is 0.253 e. The lowest BCUT2D eigenvalue weighted by atomic mass is 9.93. The van der Waals surface area contributed by atoms with E-state index in [0.29, 0.717) is 17.0 Å². The third kappa shape index (κ3) is 4.55. The van der Waals surface area contributed by atoms with E-state index in [4.69, 9.17) is 0 Å². The van der Waals surface area contributed by atoms with Gasteiger partial charge in [-0.15, -0.1) is 0 Å². The standard InChI is InChI=1S/C18H27N3O2/c1-19-11-8-14-9-12-21(13-10-14)18(23)16-6-4-15(5-7-16)17(22)20(2)3/h4-7,14,19H,8-13H2,1-3H3. The molecule has 5 heteroatoms. The Bertz CT molecular complexity index is 532. The van der Waals surface area contributed by atoms with E-state index in [0.717, 1.165) is 32.5 Å². The average Bonchev–Trinajstić information content (AvgIpc) is 2.59.